The van der Waals surface area contributed by atoms with Gasteiger partial charge in [0.15, 0.2) is 6.61 Å². The van der Waals surface area contributed by atoms with Crippen LogP contribution in [0.4, 0.5) is 5.69 Å². The van der Waals surface area contributed by atoms with Gasteiger partial charge in [0.1, 0.15) is 17.4 Å². The number of hydrogen-bond donors (Lipinski definition) is 2. The smallest absolute Gasteiger partial charge is 0.341 e. The summed E-state index contributed by atoms with van der Waals surface area (Å²) in [5.74, 6) is -1.77. The Balaban J connectivity index is 2.20. The van der Waals surface area contributed by atoms with Gasteiger partial charge in [0.2, 0.25) is 0 Å². The third kappa shape index (κ3) is 6.42. The molecule has 8 nitrogen and oxygen atoms in total. The molecule has 0 heterocycles. The molecule has 0 unspecified atom stereocenters. The third-order valence-electron chi connectivity index (χ3n) is 3.60. The third-order valence-corrected chi connectivity index (χ3v) is 5.20. The van der Waals surface area contributed by atoms with Gasteiger partial charge in [-0.2, -0.15) is 5.26 Å². The molecule has 0 atom stereocenters. The summed E-state index contributed by atoms with van der Waals surface area (Å²) in [6.07, 6.45) is 1.42. The van der Waals surface area contributed by atoms with E-state index in [1.807, 2.05) is 51.3 Å². The van der Waals surface area contributed by atoms with E-state index >= 15 is 0 Å². The van der Waals surface area contributed by atoms with Crippen LogP contribution in [0.2, 0.25) is 0 Å². The van der Waals surface area contributed by atoms with Gasteiger partial charge in [0, 0.05) is 5.69 Å². The van der Waals surface area contributed by atoms with Gasteiger partial charge >= 0.3 is 11.9 Å². The molecule has 0 saturated heterocycles. The summed E-state index contributed by atoms with van der Waals surface area (Å²) in [5.41, 5.74) is 1.20. The minimum atomic E-state index is -1.09. The van der Waals surface area contributed by atoms with E-state index in [-0.39, 0.29) is 5.57 Å². The first-order chi connectivity index (χ1) is 14.2. The van der Waals surface area contributed by atoms with Crippen LogP contribution < -0.4 is 10.1 Å². The van der Waals surface area contributed by atoms with Gasteiger partial charge in [0.25, 0.3) is 5.91 Å². The molecule has 2 aromatic carbocycles. The molecule has 1 amide bonds. The number of carbonyl (C=O) groups excluding carboxylic acids is 2. The Morgan fingerprint density at radius 1 is 1.17 bits per heavy atom. The number of rotatable bonds is 7. The van der Waals surface area contributed by atoms with Crippen molar-refractivity contribution in [2.75, 3.05) is 19.0 Å². The average Bonchev–Trinajstić information content (AvgIpc) is 2.71. The number of carbonyl (C=O) groups is 3. The highest BCUT2D eigenvalue weighted by atomic mass is 127. The van der Waals surface area contributed by atoms with Crippen molar-refractivity contribution in [2.24, 2.45) is 0 Å². The zero-order chi connectivity index (χ0) is 22.3. The lowest BCUT2D eigenvalue weighted by molar-refractivity contribution is -0.139. The number of nitriles is 1. The van der Waals surface area contributed by atoms with E-state index in [1.54, 1.807) is 12.1 Å². The number of ether oxygens (including phenoxy) is 2. The Hall–Kier alpha value is -2.66. The molecule has 0 spiro atoms. The quantitative estimate of drug-likeness (QED) is 0.207. The van der Waals surface area contributed by atoms with Crippen LogP contribution in [0.1, 0.15) is 15.9 Å². The van der Waals surface area contributed by atoms with Crippen molar-refractivity contribution in [1.82, 2.24) is 0 Å². The molecule has 0 aromatic heterocycles. The van der Waals surface area contributed by atoms with E-state index in [2.05, 4.69) is 10.1 Å². The number of amides is 1. The molecule has 10 heteroatoms. The van der Waals surface area contributed by atoms with E-state index in [9.17, 15) is 19.6 Å². The summed E-state index contributed by atoms with van der Waals surface area (Å²) in [6, 6.07) is 11.3. The monoisotopic (exact) mass is 632 g/mol. The molecular formula is C20H14I2N2O6. The second-order valence-corrected chi connectivity index (χ2v) is 8.01. The Kier molecular flexibility index (Phi) is 8.60. The minimum Gasteiger partial charge on any atom is -0.480 e. The Morgan fingerprint density at radius 2 is 1.77 bits per heavy atom. The van der Waals surface area contributed by atoms with Crippen molar-refractivity contribution in [1.29, 1.82) is 5.26 Å². The van der Waals surface area contributed by atoms with Gasteiger partial charge in [-0.3, -0.25) is 4.79 Å². The van der Waals surface area contributed by atoms with Gasteiger partial charge in [-0.05, 0) is 93.2 Å². The standard InChI is InChI=1S/C20H14I2N2O6/c1-29-20(28)12-2-4-14(5-3-12)24-19(27)13(9-23)6-11-7-15(21)18(16(22)8-11)30-10-17(25)26/h2-8H,10H2,1H3,(H,24,27)(H,25,26)/b13-6+. The van der Waals surface area contributed by atoms with Crippen LogP contribution >= 0.6 is 45.2 Å². The number of nitrogens with zero attached hydrogens (tertiary/aromatic N) is 1. The average molecular weight is 632 g/mol. The van der Waals surface area contributed by atoms with Gasteiger partial charge in [-0.15, -0.1) is 0 Å². The zero-order valence-corrected chi connectivity index (χ0v) is 19.8. The molecule has 154 valence electrons. The molecule has 0 aliphatic heterocycles. The summed E-state index contributed by atoms with van der Waals surface area (Å²) in [4.78, 5) is 34.6. The summed E-state index contributed by atoms with van der Waals surface area (Å²) in [5, 5.41) is 20.7. The summed E-state index contributed by atoms with van der Waals surface area (Å²) >= 11 is 3.98. The molecule has 0 fully saturated rings. The van der Waals surface area contributed by atoms with Crippen molar-refractivity contribution in [2.45, 2.75) is 0 Å². The molecule has 2 aromatic rings. The first kappa shape index (κ1) is 23.6. The lowest BCUT2D eigenvalue weighted by atomic mass is 10.1. The largest absolute Gasteiger partial charge is 0.480 e. The highest BCUT2D eigenvalue weighted by Crippen LogP contribution is 2.30. The highest BCUT2D eigenvalue weighted by Gasteiger charge is 2.14. The highest BCUT2D eigenvalue weighted by molar-refractivity contribution is 14.1. The predicted octanol–water partition coefficient (Wildman–Crippen LogP) is 3.69. The van der Waals surface area contributed by atoms with Crippen molar-refractivity contribution < 1.29 is 29.0 Å². The van der Waals surface area contributed by atoms with Gasteiger partial charge in [-0.1, -0.05) is 0 Å². The first-order valence-corrected chi connectivity index (χ1v) is 10.4. The second kappa shape index (κ2) is 10.9. The molecule has 0 aliphatic carbocycles. The molecule has 0 saturated carbocycles. The zero-order valence-electron chi connectivity index (χ0n) is 15.4. The lowest BCUT2D eigenvalue weighted by Crippen LogP contribution is -2.13. The van der Waals surface area contributed by atoms with Gasteiger partial charge in [0.05, 0.1) is 19.8 Å². The SMILES string of the molecule is COC(=O)c1ccc(NC(=O)/C(C#N)=C/c2cc(I)c(OCC(=O)O)c(I)c2)cc1. The number of hydrogen-bond acceptors (Lipinski definition) is 6. The summed E-state index contributed by atoms with van der Waals surface area (Å²) in [7, 11) is 1.27. The number of carboxylic acid groups (broad SMARTS) is 1. The van der Waals surface area contributed by atoms with Crippen LogP contribution in [0.15, 0.2) is 42.0 Å². The molecule has 30 heavy (non-hydrogen) atoms. The molecule has 0 radical (unpaired) electrons. The number of esters is 1. The number of methoxy groups -OCH3 is 1. The Labute approximate surface area is 199 Å². The fourth-order valence-electron chi connectivity index (χ4n) is 2.26. The Bertz CT molecular complexity index is 1030. The van der Waals surface area contributed by atoms with E-state index < -0.39 is 24.5 Å². The minimum absolute atomic E-state index is 0.127. The molecule has 0 bridgehead atoms. The molecular weight excluding hydrogens is 618 g/mol. The number of carboxylic acids is 1. The Morgan fingerprint density at radius 3 is 2.27 bits per heavy atom. The summed E-state index contributed by atoms with van der Waals surface area (Å²) < 4.78 is 11.2. The molecule has 2 N–H and O–H groups in total. The second-order valence-electron chi connectivity index (χ2n) is 5.69. The van der Waals surface area contributed by atoms with E-state index in [0.29, 0.717) is 29.7 Å². The topological polar surface area (TPSA) is 126 Å². The van der Waals surface area contributed by atoms with Crippen LogP contribution in [0.25, 0.3) is 6.08 Å². The summed E-state index contributed by atoms with van der Waals surface area (Å²) in [6.45, 7) is -0.470. The number of nitrogens with one attached hydrogen (secondary N) is 1. The first-order valence-electron chi connectivity index (χ1n) is 8.20. The maximum Gasteiger partial charge on any atom is 0.341 e. The predicted molar refractivity (Wildman–Crippen MR) is 125 cm³/mol. The van der Waals surface area contributed by atoms with E-state index in [0.717, 1.165) is 0 Å². The molecule has 2 rings (SSSR count). The van der Waals surface area contributed by atoms with E-state index in [4.69, 9.17) is 9.84 Å². The lowest BCUT2D eigenvalue weighted by Gasteiger charge is -2.10. The number of anilines is 1. The van der Waals surface area contributed by atoms with Gasteiger partial charge < -0.3 is 19.9 Å². The van der Waals surface area contributed by atoms with E-state index in [1.165, 1.54) is 37.5 Å². The van der Waals surface area contributed by atoms with Crippen LogP contribution in [0.5, 0.6) is 5.75 Å². The van der Waals surface area contributed by atoms with Crippen LogP contribution in [0, 0.1) is 18.5 Å². The van der Waals surface area contributed by atoms with Crippen molar-refractivity contribution in [3.63, 3.8) is 0 Å². The van der Waals surface area contributed by atoms with Crippen LogP contribution in [0.3, 0.4) is 0 Å². The van der Waals surface area contributed by atoms with Gasteiger partial charge in [-0.25, -0.2) is 9.59 Å². The van der Waals surface area contributed by atoms with Crippen LogP contribution in [-0.2, 0) is 14.3 Å². The van der Waals surface area contributed by atoms with Crippen LogP contribution in [-0.4, -0.2) is 36.7 Å². The van der Waals surface area contributed by atoms with Crippen molar-refractivity contribution in [3.8, 4) is 11.8 Å². The number of halogens is 2. The maximum atomic E-state index is 12.5. The number of aliphatic carboxylic acids is 1. The maximum absolute atomic E-state index is 12.5. The fraction of sp³-hybridized carbons (Fsp3) is 0.100. The fourth-order valence-corrected chi connectivity index (χ4v) is 4.38. The van der Waals surface area contributed by atoms with Crippen molar-refractivity contribution in [3.05, 3.63) is 60.2 Å². The molecule has 0 aliphatic rings. The van der Waals surface area contributed by atoms with Crippen molar-refractivity contribution >= 4 is 74.8 Å². The normalized spacial score (nSPS) is 10.7. The number of benzene rings is 2.